The third-order valence-electron chi connectivity index (χ3n) is 1.87. The standard InChI is InChI=1S/C7H8O.C6H6O.C3H8/c1-6-4-2-3-5-7(6)8;7-6-4-2-1-3-5-6;1-3-2/h2-5,8H,1H3;1-5,7H;3H2,1-2H3. The average Bonchev–Trinajstić information content (AvgIpc) is 2.36. The maximum Gasteiger partial charge on any atom is 0.118 e. The summed E-state index contributed by atoms with van der Waals surface area (Å²) < 4.78 is 0. The van der Waals surface area contributed by atoms with Crippen LogP contribution in [0, 0.1) is 6.92 Å². The molecule has 0 amide bonds. The second kappa shape index (κ2) is 10.2. The van der Waals surface area contributed by atoms with Crippen molar-refractivity contribution >= 4 is 0 Å². The first-order chi connectivity index (χ1) is 8.61. The molecule has 0 atom stereocenters. The zero-order chi connectivity index (χ0) is 13.8. The van der Waals surface area contributed by atoms with E-state index in [4.69, 9.17) is 10.2 Å². The maximum atomic E-state index is 8.92. The van der Waals surface area contributed by atoms with Crippen molar-refractivity contribution in [2.45, 2.75) is 27.2 Å². The lowest BCUT2D eigenvalue weighted by molar-refractivity contribution is 0.471. The van der Waals surface area contributed by atoms with Crippen LogP contribution in [0.4, 0.5) is 0 Å². The highest BCUT2D eigenvalue weighted by Crippen LogP contribution is 2.12. The van der Waals surface area contributed by atoms with Crippen LogP contribution in [0.1, 0.15) is 25.8 Å². The van der Waals surface area contributed by atoms with Crippen molar-refractivity contribution in [2.24, 2.45) is 0 Å². The Morgan fingerprint density at radius 3 is 1.50 bits per heavy atom. The summed E-state index contributed by atoms with van der Waals surface area (Å²) in [6, 6.07) is 16.0. The zero-order valence-electron chi connectivity index (χ0n) is 11.3. The monoisotopic (exact) mass is 246 g/mol. The molecule has 0 saturated carbocycles. The van der Waals surface area contributed by atoms with Gasteiger partial charge in [0.1, 0.15) is 11.5 Å². The number of hydrogen-bond acceptors (Lipinski definition) is 2. The van der Waals surface area contributed by atoms with E-state index in [1.54, 1.807) is 30.3 Å². The van der Waals surface area contributed by atoms with E-state index in [2.05, 4.69) is 13.8 Å². The Hall–Kier alpha value is -1.96. The minimum Gasteiger partial charge on any atom is -0.508 e. The lowest BCUT2D eigenvalue weighted by Crippen LogP contribution is -1.68. The molecule has 2 aromatic rings. The van der Waals surface area contributed by atoms with Crippen molar-refractivity contribution in [1.82, 2.24) is 0 Å². The van der Waals surface area contributed by atoms with Gasteiger partial charge >= 0.3 is 0 Å². The van der Waals surface area contributed by atoms with E-state index in [1.807, 2.05) is 31.2 Å². The lowest BCUT2D eigenvalue weighted by Gasteiger charge is -1.92. The van der Waals surface area contributed by atoms with Crippen LogP contribution in [0.15, 0.2) is 54.6 Å². The highest BCUT2D eigenvalue weighted by atomic mass is 16.3. The molecule has 2 aromatic carbocycles. The van der Waals surface area contributed by atoms with Crippen LogP contribution in [0.5, 0.6) is 11.5 Å². The maximum absolute atomic E-state index is 8.92. The minimum atomic E-state index is 0.322. The summed E-state index contributed by atoms with van der Waals surface area (Å²) in [7, 11) is 0. The summed E-state index contributed by atoms with van der Waals surface area (Å²) >= 11 is 0. The Labute approximate surface area is 110 Å². The normalized spacial score (nSPS) is 8.39. The minimum absolute atomic E-state index is 0.322. The summed E-state index contributed by atoms with van der Waals surface area (Å²) in [5, 5.41) is 17.6. The number of rotatable bonds is 0. The highest BCUT2D eigenvalue weighted by molar-refractivity contribution is 5.29. The number of phenolic OH excluding ortho intramolecular Hbond substituents is 2. The lowest BCUT2D eigenvalue weighted by atomic mass is 10.2. The fraction of sp³-hybridized carbons (Fsp3) is 0.250. The molecule has 0 aliphatic carbocycles. The molecule has 2 N–H and O–H groups in total. The van der Waals surface area contributed by atoms with Crippen LogP contribution in [0.3, 0.4) is 0 Å². The van der Waals surface area contributed by atoms with Gasteiger partial charge in [0, 0.05) is 0 Å². The highest BCUT2D eigenvalue weighted by Gasteiger charge is 1.87. The van der Waals surface area contributed by atoms with Crippen molar-refractivity contribution in [3.05, 3.63) is 60.2 Å². The number of para-hydroxylation sites is 2. The average molecular weight is 246 g/mol. The molecule has 0 aliphatic heterocycles. The molecule has 0 aliphatic rings. The van der Waals surface area contributed by atoms with E-state index in [0.29, 0.717) is 11.5 Å². The molecule has 2 nitrogen and oxygen atoms in total. The van der Waals surface area contributed by atoms with Gasteiger partial charge in [-0.15, -0.1) is 0 Å². The van der Waals surface area contributed by atoms with Gasteiger partial charge in [-0.2, -0.15) is 0 Å². The quantitative estimate of drug-likeness (QED) is 0.718. The van der Waals surface area contributed by atoms with Crippen LogP contribution in [-0.2, 0) is 0 Å². The number of aromatic hydroxyl groups is 2. The van der Waals surface area contributed by atoms with E-state index in [-0.39, 0.29) is 0 Å². The molecule has 2 heteroatoms. The van der Waals surface area contributed by atoms with Gasteiger partial charge in [-0.25, -0.2) is 0 Å². The van der Waals surface area contributed by atoms with Crippen molar-refractivity contribution in [2.75, 3.05) is 0 Å². The van der Waals surface area contributed by atoms with E-state index in [0.717, 1.165) is 5.56 Å². The Morgan fingerprint density at radius 2 is 1.22 bits per heavy atom. The molecule has 0 heterocycles. The molecule has 0 fully saturated rings. The Balaban J connectivity index is 0.000000267. The summed E-state index contributed by atoms with van der Waals surface area (Å²) in [5.74, 6) is 0.690. The fourth-order valence-electron chi connectivity index (χ4n) is 0.991. The van der Waals surface area contributed by atoms with Crippen LogP contribution >= 0.6 is 0 Å². The number of hydrogen-bond donors (Lipinski definition) is 2. The first kappa shape index (κ1) is 16.0. The number of phenols is 2. The molecular formula is C16H22O2. The van der Waals surface area contributed by atoms with Crippen LogP contribution in [0.25, 0.3) is 0 Å². The Bertz CT molecular complexity index is 389. The van der Waals surface area contributed by atoms with E-state index >= 15 is 0 Å². The Kier molecular flexibility index (Phi) is 9.10. The molecule has 98 valence electrons. The van der Waals surface area contributed by atoms with E-state index in [1.165, 1.54) is 6.42 Å². The van der Waals surface area contributed by atoms with Gasteiger partial charge in [-0.1, -0.05) is 56.7 Å². The van der Waals surface area contributed by atoms with Crippen LogP contribution in [0.2, 0.25) is 0 Å². The van der Waals surface area contributed by atoms with Gasteiger partial charge < -0.3 is 10.2 Å². The third kappa shape index (κ3) is 8.22. The van der Waals surface area contributed by atoms with Gasteiger partial charge in [-0.3, -0.25) is 0 Å². The Morgan fingerprint density at radius 1 is 0.778 bits per heavy atom. The largest absolute Gasteiger partial charge is 0.508 e. The molecule has 0 unspecified atom stereocenters. The van der Waals surface area contributed by atoms with Gasteiger partial charge in [-0.05, 0) is 30.7 Å². The fourth-order valence-corrected chi connectivity index (χ4v) is 0.991. The summed E-state index contributed by atoms with van der Waals surface area (Å²) in [4.78, 5) is 0. The molecule has 0 saturated heterocycles. The summed E-state index contributed by atoms with van der Waals surface area (Å²) in [6.45, 7) is 6.12. The van der Waals surface area contributed by atoms with Crippen molar-refractivity contribution in [3.8, 4) is 11.5 Å². The van der Waals surface area contributed by atoms with Crippen molar-refractivity contribution in [1.29, 1.82) is 0 Å². The molecular weight excluding hydrogens is 224 g/mol. The predicted octanol–water partition coefficient (Wildman–Crippen LogP) is 4.51. The summed E-state index contributed by atoms with van der Waals surface area (Å²) in [5.41, 5.74) is 0.924. The summed E-state index contributed by atoms with van der Waals surface area (Å²) in [6.07, 6.45) is 1.25. The van der Waals surface area contributed by atoms with E-state index in [9.17, 15) is 0 Å². The number of aryl methyl sites for hydroxylation is 1. The molecule has 18 heavy (non-hydrogen) atoms. The molecule has 0 aromatic heterocycles. The first-order valence-corrected chi connectivity index (χ1v) is 6.10. The second-order valence-corrected chi connectivity index (χ2v) is 3.83. The SMILES string of the molecule is CCC.Cc1ccccc1O.Oc1ccccc1. The first-order valence-electron chi connectivity index (χ1n) is 6.10. The number of benzene rings is 2. The molecule has 2 rings (SSSR count). The van der Waals surface area contributed by atoms with Gasteiger partial charge in [0.25, 0.3) is 0 Å². The third-order valence-corrected chi connectivity index (χ3v) is 1.87. The smallest absolute Gasteiger partial charge is 0.118 e. The van der Waals surface area contributed by atoms with Crippen molar-refractivity contribution < 1.29 is 10.2 Å². The van der Waals surface area contributed by atoms with Crippen LogP contribution in [-0.4, -0.2) is 10.2 Å². The van der Waals surface area contributed by atoms with Crippen molar-refractivity contribution in [3.63, 3.8) is 0 Å². The predicted molar refractivity (Wildman–Crippen MR) is 76.9 cm³/mol. The zero-order valence-corrected chi connectivity index (χ0v) is 11.3. The van der Waals surface area contributed by atoms with E-state index < -0.39 is 0 Å². The molecule has 0 spiro atoms. The van der Waals surface area contributed by atoms with Crippen LogP contribution < -0.4 is 0 Å². The molecule has 0 radical (unpaired) electrons. The second-order valence-electron chi connectivity index (χ2n) is 3.83. The molecule has 0 bridgehead atoms. The topological polar surface area (TPSA) is 40.5 Å². The van der Waals surface area contributed by atoms with Gasteiger partial charge in [0.05, 0.1) is 0 Å². The van der Waals surface area contributed by atoms with Gasteiger partial charge in [0.2, 0.25) is 0 Å². The van der Waals surface area contributed by atoms with Gasteiger partial charge in [0.15, 0.2) is 0 Å².